The van der Waals surface area contributed by atoms with Gasteiger partial charge in [0.2, 0.25) is 0 Å². The third-order valence-electron chi connectivity index (χ3n) is 6.76. The lowest BCUT2D eigenvalue weighted by molar-refractivity contribution is -0.143. The Hall–Kier alpha value is -3.24. The molecule has 2 heterocycles. The molecule has 0 spiro atoms. The van der Waals surface area contributed by atoms with Crippen molar-refractivity contribution in [1.29, 1.82) is 0 Å². The van der Waals surface area contributed by atoms with E-state index < -0.39 is 18.7 Å². The highest BCUT2D eigenvalue weighted by atomic mass is 19.1. The van der Waals surface area contributed by atoms with Gasteiger partial charge in [0, 0.05) is 20.0 Å². The van der Waals surface area contributed by atoms with Crippen LogP contribution in [0.5, 0.6) is 5.75 Å². The van der Waals surface area contributed by atoms with Crippen LogP contribution in [0.2, 0.25) is 0 Å². The largest absolute Gasteiger partial charge is 0.488 e. The zero-order valence-corrected chi connectivity index (χ0v) is 20.9. The van der Waals surface area contributed by atoms with Crippen LogP contribution < -0.4 is 4.74 Å². The van der Waals surface area contributed by atoms with Gasteiger partial charge < -0.3 is 19.5 Å². The van der Waals surface area contributed by atoms with Crippen molar-refractivity contribution in [3.8, 4) is 17.1 Å². The van der Waals surface area contributed by atoms with Crippen LogP contribution in [0.3, 0.4) is 0 Å². The van der Waals surface area contributed by atoms with Crippen molar-refractivity contribution < 1.29 is 28.6 Å². The number of carboxylic acid groups (broad SMARTS) is 1. The molecule has 1 amide bonds. The number of aryl methyl sites for hydroxylation is 1. The van der Waals surface area contributed by atoms with E-state index in [1.54, 1.807) is 18.8 Å². The van der Waals surface area contributed by atoms with Crippen LogP contribution in [0.25, 0.3) is 11.4 Å². The van der Waals surface area contributed by atoms with E-state index in [1.165, 1.54) is 4.90 Å². The van der Waals surface area contributed by atoms with Crippen LogP contribution in [0.1, 0.15) is 68.7 Å². The summed E-state index contributed by atoms with van der Waals surface area (Å²) in [6.07, 6.45) is 5.13. The fourth-order valence-electron chi connectivity index (χ4n) is 4.51. The maximum absolute atomic E-state index is 12.3. The van der Waals surface area contributed by atoms with Crippen LogP contribution in [0.4, 0.5) is 9.18 Å². The fourth-order valence-corrected chi connectivity index (χ4v) is 4.51. The number of alkyl halides is 1. The third-order valence-corrected chi connectivity index (χ3v) is 6.76. The van der Waals surface area contributed by atoms with Gasteiger partial charge in [0.1, 0.15) is 11.4 Å². The Labute approximate surface area is 209 Å². The second kappa shape index (κ2) is 11.7. The molecule has 0 saturated heterocycles. The number of hydrogen-bond acceptors (Lipinski definition) is 7. The number of ether oxygens (including phenoxy) is 2. The van der Waals surface area contributed by atoms with E-state index in [0.29, 0.717) is 54.4 Å². The number of halogens is 1. The van der Waals surface area contributed by atoms with E-state index in [0.717, 1.165) is 31.4 Å². The molecule has 2 aliphatic rings. The molecule has 11 heteroatoms. The molecule has 2 aromatic rings. The minimum Gasteiger partial charge on any atom is -0.488 e. The predicted octanol–water partition coefficient (Wildman–Crippen LogP) is 4.09. The molecule has 2 aliphatic carbocycles. The lowest BCUT2D eigenvalue weighted by Gasteiger charge is -2.28. The molecular formula is C25H34FN5O5. The lowest BCUT2D eigenvalue weighted by Crippen LogP contribution is -2.29. The van der Waals surface area contributed by atoms with Gasteiger partial charge in [-0.2, -0.15) is 0 Å². The van der Waals surface area contributed by atoms with Crippen LogP contribution in [-0.4, -0.2) is 68.5 Å². The van der Waals surface area contributed by atoms with Crippen molar-refractivity contribution in [1.82, 2.24) is 24.9 Å². The van der Waals surface area contributed by atoms with Gasteiger partial charge in [-0.25, -0.2) is 14.5 Å². The summed E-state index contributed by atoms with van der Waals surface area (Å²) < 4.78 is 25.4. The van der Waals surface area contributed by atoms with E-state index in [9.17, 15) is 19.1 Å². The Morgan fingerprint density at radius 2 is 2.03 bits per heavy atom. The summed E-state index contributed by atoms with van der Waals surface area (Å²) in [6.45, 7) is -0.0374. The highest BCUT2D eigenvalue weighted by Gasteiger charge is 2.33. The maximum atomic E-state index is 12.3. The Morgan fingerprint density at radius 3 is 2.75 bits per heavy atom. The Bertz CT molecular complexity index is 1070. The smallest absolute Gasteiger partial charge is 0.409 e. The molecule has 0 bridgehead atoms. The molecule has 10 nitrogen and oxygen atoms in total. The van der Waals surface area contributed by atoms with E-state index in [4.69, 9.17) is 14.5 Å². The van der Waals surface area contributed by atoms with Crippen molar-refractivity contribution in [3.63, 3.8) is 0 Å². The van der Waals surface area contributed by atoms with Gasteiger partial charge in [-0.05, 0) is 63.5 Å². The number of rotatable bonds is 11. The average molecular weight is 504 g/mol. The Morgan fingerprint density at radius 1 is 1.22 bits per heavy atom. The van der Waals surface area contributed by atoms with Crippen molar-refractivity contribution in [3.05, 3.63) is 23.5 Å². The van der Waals surface area contributed by atoms with E-state index in [2.05, 4.69) is 10.3 Å². The zero-order chi connectivity index (χ0) is 25.7. The van der Waals surface area contributed by atoms with Gasteiger partial charge in [-0.3, -0.25) is 9.18 Å². The summed E-state index contributed by atoms with van der Waals surface area (Å²) >= 11 is 0. The van der Waals surface area contributed by atoms with Gasteiger partial charge >= 0.3 is 12.1 Å². The van der Waals surface area contributed by atoms with Gasteiger partial charge in [-0.1, -0.05) is 5.21 Å². The summed E-state index contributed by atoms with van der Waals surface area (Å²) in [6, 6.07) is 3.73. The molecule has 36 heavy (non-hydrogen) atoms. The summed E-state index contributed by atoms with van der Waals surface area (Å²) in [5.41, 5.74) is 2.79. The number of nitrogens with zero attached hydrogens (tertiary/aromatic N) is 5. The molecule has 2 saturated carbocycles. The first kappa shape index (κ1) is 25.8. The standard InChI is InChI=1S/C25H34FN5O5/c1-30(25(34)35-13-4-3-12-26)15-20-23(28-29-31(20)2)19-10-11-21(22(27-19)16-8-9-16)36-18-7-5-6-17(14-18)24(32)33/h10-11,16-18H,3-9,12-15H2,1-2H3,(H,32,33)/t17-,18-/m0/s1. The second-order valence-corrected chi connectivity index (χ2v) is 9.67. The van der Waals surface area contributed by atoms with E-state index in [-0.39, 0.29) is 25.2 Å². The quantitative estimate of drug-likeness (QED) is 0.455. The molecule has 0 radical (unpaired) electrons. The first-order valence-electron chi connectivity index (χ1n) is 12.6. The van der Waals surface area contributed by atoms with E-state index >= 15 is 0 Å². The third kappa shape index (κ3) is 6.30. The Kier molecular flexibility index (Phi) is 8.37. The molecular weight excluding hydrogens is 469 g/mol. The topological polar surface area (TPSA) is 120 Å². The van der Waals surface area contributed by atoms with Crippen molar-refractivity contribution in [2.24, 2.45) is 13.0 Å². The summed E-state index contributed by atoms with van der Waals surface area (Å²) in [5, 5.41) is 17.8. The molecule has 4 rings (SSSR count). The van der Waals surface area contributed by atoms with Crippen molar-refractivity contribution in [2.75, 3.05) is 20.3 Å². The highest BCUT2D eigenvalue weighted by molar-refractivity contribution is 5.70. The van der Waals surface area contributed by atoms with Crippen LogP contribution in [0, 0.1) is 5.92 Å². The molecule has 196 valence electrons. The number of carbonyl (C=O) groups is 2. The molecule has 0 unspecified atom stereocenters. The number of carbonyl (C=O) groups excluding carboxylic acids is 1. The highest BCUT2D eigenvalue weighted by Crippen LogP contribution is 2.44. The van der Waals surface area contributed by atoms with Gasteiger partial charge in [0.05, 0.1) is 48.9 Å². The van der Waals surface area contributed by atoms with Crippen LogP contribution in [-0.2, 0) is 23.1 Å². The van der Waals surface area contributed by atoms with Gasteiger partial charge in [-0.15, -0.1) is 5.10 Å². The average Bonchev–Trinajstić information content (AvgIpc) is 3.66. The molecule has 0 aliphatic heterocycles. The fraction of sp³-hybridized carbons (Fsp3) is 0.640. The summed E-state index contributed by atoms with van der Waals surface area (Å²) in [5.74, 6) is -0.115. The number of aliphatic carboxylic acids is 1. The van der Waals surface area contributed by atoms with Crippen LogP contribution >= 0.6 is 0 Å². The summed E-state index contributed by atoms with van der Waals surface area (Å²) in [7, 11) is 3.39. The van der Waals surface area contributed by atoms with Gasteiger partial charge in [0.15, 0.2) is 0 Å². The molecule has 0 aromatic carbocycles. The number of unbranched alkanes of at least 4 members (excludes halogenated alkanes) is 1. The van der Waals surface area contributed by atoms with Crippen molar-refractivity contribution in [2.45, 2.75) is 69.9 Å². The second-order valence-electron chi connectivity index (χ2n) is 9.67. The summed E-state index contributed by atoms with van der Waals surface area (Å²) in [4.78, 5) is 30.1. The molecule has 2 aromatic heterocycles. The van der Waals surface area contributed by atoms with E-state index in [1.807, 2.05) is 12.1 Å². The first-order valence-corrected chi connectivity index (χ1v) is 12.6. The first-order chi connectivity index (χ1) is 17.4. The minimum absolute atomic E-state index is 0.137. The number of aromatic nitrogens is 4. The van der Waals surface area contributed by atoms with Gasteiger partial charge in [0.25, 0.3) is 0 Å². The molecule has 2 atom stereocenters. The predicted molar refractivity (Wildman–Crippen MR) is 128 cm³/mol. The molecule has 2 fully saturated rings. The minimum atomic E-state index is -0.761. The van der Waals surface area contributed by atoms with Crippen molar-refractivity contribution >= 4 is 12.1 Å². The number of pyridine rings is 1. The lowest BCUT2D eigenvalue weighted by atomic mass is 9.87. The number of carboxylic acids is 1. The Balaban J connectivity index is 1.49. The zero-order valence-electron chi connectivity index (χ0n) is 20.9. The normalized spacial score (nSPS) is 19.6. The number of hydrogen-bond donors (Lipinski definition) is 1. The maximum Gasteiger partial charge on any atom is 0.409 e. The molecule has 1 N–H and O–H groups in total. The van der Waals surface area contributed by atoms with Crippen LogP contribution in [0.15, 0.2) is 12.1 Å². The number of amides is 1. The monoisotopic (exact) mass is 503 g/mol. The SMILES string of the molecule is CN(Cc1c(-c2ccc(O[C@H]3CCC[C@H](C(=O)O)C3)c(C3CC3)n2)nnn1C)C(=O)OCCCCF.